The van der Waals surface area contributed by atoms with Gasteiger partial charge in [0.1, 0.15) is 6.29 Å². The summed E-state index contributed by atoms with van der Waals surface area (Å²) in [5, 5.41) is 0. The average Bonchev–Trinajstić information content (AvgIpc) is 2.32. The predicted octanol–water partition coefficient (Wildman–Crippen LogP) is 1.75. The first-order valence-electron chi connectivity index (χ1n) is 5.60. The molecule has 6 heteroatoms. The Morgan fingerprint density at radius 2 is 1.68 bits per heavy atom. The van der Waals surface area contributed by atoms with Crippen molar-refractivity contribution in [2.24, 2.45) is 0 Å². The summed E-state index contributed by atoms with van der Waals surface area (Å²) < 4.78 is 15.2. The van der Waals surface area contributed by atoms with Gasteiger partial charge in [-0.2, -0.15) is 0 Å². The van der Waals surface area contributed by atoms with Crippen LogP contribution < -0.4 is 14.2 Å². The van der Waals surface area contributed by atoms with Crippen molar-refractivity contribution in [1.82, 2.24) is 0 Å². The molecule has 0 saturated heterocycles. The molecule has 0 aliphatic heterocycles. The van der Waals surface area contributed by atoms with Crippen LogP contribution in [0, 0.1) is 0 Å². The number of carbonyl (C=O) groups is 3. The molecule has 6 nitrogen and oxygen atoms in total. The van der Waals surface area contributed by atoms with E-state index in [0.717, 1.165) is 0 Å². The van der Waals surface area contributed by atoms with Crippen molar-refractivity contribution in [2.75, 3.05) is 6.61 Å². The van der Waals surface area contributed by atoms with Crippen molar-refractivity contribution in [1.29, 1.82) is 0 Å². The van der Waals surface area contributed by atoms with Crippen LogP contribution in [0.3, 0.4) is 0 Å². The predicted molar refractivity (Wildman–Crippen MR) is 65.6 cm³/mol. The van der Waals surface area contributed by atoms with E-state index < -0.39 is 11.9 Å². The number of aldehydes is 1. The Bertz CT molecular complexity index is 506. The number of hydrogen-bond donors (Lipinski definition) is 0. The van der Waals surface area contributed by atoms with Gasteiger partial charge in [0, 0.05) is 19.4 Å². The van der Waals surface area contributed by atoms with Crippen molar-refractivity contribution in [2.45, 2.75) is 20.8 Å². The molecule has 0 heterocycles. The molecule has 0 N–H and O–H groups in total. The van der Waals surface area contributed by atoms with Crippen molar-refractivity contribution in [3.8, 4) is 17.2 Å². The Morgan fingerprint density at radius 1 is 1.11 bits per heavy atom. The van der Waals surface area contributed by atoms with Crippen LogP contribution in [0.4, 0.5) is 0 Å². The van der Waals surface area contributed by atoms with Crippen molar-refractivity contribution in [3.05, 3.63) is 17.7 Å². The minimum atomic E-state index is -0.598. The molecule has 0 atom stereocenters. The smallest absolute Gasteiger partial charge is 0.308 e. The highest BCUT2D eigenvalue weighted by Gasteiger charge is 2.18. The van der Waals surface area contributed by atoms with Gasteiger partial charge in [0.25, 0.3) is 0 Å². The molecule has 0 saturated carbocycles. The average molecular weight is 266 g/mol. The summed E-state index contributed by atoms with van der Waals surface area (Å²) in [7, 11) is 0. The Morgan fingerprint density at radius 3 is 2.16 bits per heavy atom. The lowest BCUT2D eigenvalue weighted by Gasteiger charge is -2.14. The molecule has 1 aromatic carbocycles. The molecule has 1 aromatic rings. The first kappa shape index (κ1) is 14.7. The molecule has 102 valence electrons. The molecular weight excluding hydrogens is 252 g/mol. The fraction of sp³-hybridized carbons (Fsp3) is 0.308. The number of carbonyl (C=O) groups excluding carboxylic acids is 3. The van der Waals surface area contributed by atoms with Crippen LogP contribution in [-0.4, -0.2) is 24.8 Å². The molecule has 0 unspecified atom stereocenters. The first-order chi connectivity index (χ1) is 8.97. The number of benzene rings is 1. The fourth-order valence-electron chi connectivity index (χ4n) is 1.40. The van der Waals surface area contributed by atoms with Crippen LogP contribution in [-0.2, 0) is 9.59 Å². The molecule has 0 aliphatic carbocycles. The minimum Gasteiger partial charge on any atom is -0.490 e. The highest BCUT2D eigenvalue weighted by molar-refractivity contribution is 5.81. The Balaban J connectivity index is 3.35. The van der Waals surface area contributed by atoms with E-state index in [2.05, 4.69) is 0 Å². The van der Waals surface area contributed by atoms with E-state index in [-0.39, 0.29) is 22.8 Å². The van der Waals surface area contributed by atoms with Crippen LogP contribution >= 0.6 is 0 Å². The molecule has 0 radical (unpaired) electrons. The normalized spacial score (nSPS) is 9.63. The minimum absolute atomic E-state index is 0.0184. The lowest BCUT2D eigenvalue weighted by molar-refractivity contribution is -0.134. The van der Waals surface area contributed by atoms with Gasteiger partial charge in [-0.15, -0.1) is 0 Å². The monoisotopic (exact) mass is 266 g/mol. The molecule has 1 rings (SSSR count). The van der Waals surface area contributed by atoms with E-state index in [9.17, 15) is 14.4 Å². The topological polar surface area (TPSA) is 78.9 Å². The second kappa shape index (κ2) is 6.53. The van der Waals surface area contributed by atoms with Crippen LogP contribution in [0.1, 0.15) is 31.1 Å². The quantitative estimate of drug-likeness (QED) is 0.459. The third-order valence-corrected chi connectivity index (χ3v) is 1.98. The highest BCUT2D eigenvalue weighted by Crippen LogP contribution is 2.38. The molecule has 0 spiro atoms. The van der Waals surface area contributed by atoms with Crippen molar-refractivity contribution >= 4 is 18.2 Å². The Hall–Kier alpha value is -2.37. The van der Waals surface area contributed by atoms with Gasteiger partial charge in [0.15, 0.2) is 11.5 Å². The van der Waals surface area contributed by atoms with Gasteiger partial charge in [-0.25, -0.2) is 0 Å². The standard InChI is InChI=1S/C13H14O6/c1-4-17-11-5-10(7-14)6-12(18-8(2)15)13(11)19-9(3)16/h5-7H,4H2,1-3H3. The maximum Gasteiger partial charge on any atom is 0.308 e. The molecule has 0 fully saturated rings. The highest BCUT2D eigenvalue weighted by atomic mass is 16.6. The van der Waals surface area contributed by atoms with Gasteiger partial charge in [-0.1, -0.05) is 0 Å². The number of ether oxygens (including phenoxy) is 3. The SMILES string of the molecule is CCOc1cc(C=O)cc(OC(C)=O)c1OC(C)=O. The summed E-state index contributed by atoms with van der Waals surface area (Å²) in [6.07, 6.45) is 0.576. The maximum atomic E-state index is 11.1. The molecule has 0 amide bonds. The Labute approximate surface area is 110 Å². The van der Waals surface area contributed by atoms with Gasteiger partial charge in [-0.05, 0) is 19.1 Å². The summed E-state index contributed by atoms with van der Waals surface area (Å²) >= 11 is 0. The van der Waals surface area contributed by atoms with Gasteiger partial charge < -0.3 is 14.2 Å². The second-order valence-corrected chi connectivity index (χ2v) is 3.58. The van der Waals surface area contributed by atoms with Crippen molar-refractivity contribution < 1.29 is 28.6 Å². The van der Waals surface area contributed by atoms with E-state index in [4.69, 9.17) is 14.2 Å². The molecule has 0 aromatic heterocycles. The summed E-state index contributed by atoms with van der Waals surface area (Å²) in [5.74, 6) is -1.07. The largest absolute Gasteiger partial charge is 0.490 e. The van der Waals surface area contributed by atoms with Crippen molar-refractivity contribution in [3.63, 3.8) is 0 Å². The van der Waals surface area contributed by atoms with E-state index in [0.29, 0.717) is 12.9 Å². The zero-order valence-electron chi connectivity index (χ0n) is 10.9. The fourth-order valence-corrected chi connectivity index (χ4v) is 1.40. The number of rotatable bonds is 5. The number of hydrogen-bond acceptors (Lipinski definition) is 6. The lowest BCUT2D eigenvalue weighted by Crippen LogP contribution is -2.09. The zero-order chi connectivity index (χ0) is 14.4. The summed E-state index contributed by atoms with van der Waals surface area (Å²) in [5.41, 5.74) is 0.246. The van der Waals surface area contributed by atoms with Crippen LogP contribution in [0.15, 0.2) is 12.1 Å². The zero-order valence-corrected chi connectivity index (χ0v) is 10.9. The summed E-state index contributed by atoms with van der Waals surface area (Å²) in [6, 6.07) is 2.71. The summed E-state index contributed by atoms with van der Waals surface area (Å²) in [4.78, 5) is 32.9. The molecule has 0 bridgehead atoms. The van der Waals surface area contributed by atoms with Gasteiger partial charge in [-0.3, -0.25) is 14.4 Å². The molecule has 19 heavy (non-hydrogen) atoms. The summed E-state index contributed by atoms with van der Waals surface area (Å²) in [6.45, 7) is 4.44. The van der Waals surface area contributed by atoms with Crippen LogP contribution in [0.5, 0.6) is 17.2 Å². The van der Waals surface area contributed by atoms with Crippen LogP contribution in [0.2, 0.25) is 0 Å². The van der Waals surface area contributed by atoms with Gasteiger partial charge in [0.05, 0.1) is 6.61 Å². The third-order valence-electron chi connectivity index (χ3n) is 1.98. The first-order valence-corrected chi connectivity index (χ1v) is 5.60. The van der Waals surface area contributed by atoms with E-state index >= 15 is 0 Å². The maximum absolute atomic E-state index is 11.1. The van der Waals surface area contributed by atoms with E-state index in [1.54, 1.807) is 6.92 Å². The van der Waals surface area contributed by atoms with Gasteiger partial charge >= 0.3 is 11.9 Å². The molecule has 0 aliphatic rings. The lowest BCUT2D eigenvalue weighted by atomic mass is 10.2. The third kappa shape index (κ3) is 4.09. The van der Waals surface area contributed by atoms with Crippen LogP contribution in [0.25, 0.3) is 0 Å². The molecular formula is C13H14O6. The second-order valence-electron chi connectivity index (χ2n) is 3.58. The van der Waals surface area contributed by atoms with E-state index in [1.807, 2.05) is 0 Å². The van der Waals surface area contributed by atoms with Gasteiger partial charge in [0.2, 0.25) is 5.75 Å². The Kier molecular flexibility index (Phi) is 5.05. The number of esters is 2. The van der Waals surface area contributed by atoms with E-state index in [1.165, 1.54) is 26.0 Å².